The van der Waals surface area contributed by atoms with Crippen LogP contribution >= 0.6 is 0 Å². The first-order valence-corrected chi connectivity index (χ1v) is 12.7. The molecule has 0 aliphatic carbocycles. The molecule has 38 heavy (non-hydrogen) atoms. The molecule has 0 amide bonds. The third-order valence-corrected chi connectivity index (χ3v) is 7.63. The predicted octanol–water partition coefficient (Wildman–Crippen LogP) is 6.68. The van der Waals surface area contributed by atoms with Crippen molar-refractivity contribution >= 4 is 16.5 Å². The zero-order valence-electron chi connectivity index (χ0n) is 22.1. The number of hydrogen-bond acceptors (Lipinski definition) is 6. The van der Waals surface area contributed by atoms with Crippen molar-refractivity contribution in [1.82, 2.24) is 4.90 Å². The fourth-order valence-corrected chi connectivity index (χ4v) is 5.58. The van der Waals surface area contributed by atoms with Gasteiger partial charge in [0.2, 0.25) is 0 Å². The monoisotopic (exact) mass is 512 g/mol. The van der Waals surface area contributed by atoms with E-state index < -0.39 is 0 Å². The Labute approximate surface area is 222 Å². The van der Waals surface area contributed by atoms with Crippen LogP contribution in [-0.4, -0.2) is 37.7 Å². The van der Waals surface area contributed by atoms with Crippen molar-refractivity contribution in [3.63, 3.8) is 0 Å². The van der Waals surface area contributed by atoms with E-state index in [2.05, 4.69) is 54.3 Å². The molecule has 0 saturated carbocycles. The lowest BCUT2D eigenvalue weighted by atomic mass is 9.81. The lowest BCUT2D eigenvalue weighted by Crippen LogP contribution is -2.37. The minimum atomic E-state index is -0.360. The normalized spacial score (nSPS) is 16.1. The van der Waals surface area contributed by atoms with Crippen molar-refractivity contribution < 1.29 is 19.1 Å². The zero-order chi connectivity index (χ0) is 26.8. The number of nitro groups is 1. The van der Waals surface area contributed by atoms with Gasteiger partial charge in [-0.3, -0.25) is 15.0 Å². The van der Waals surface area contributed by atoms with E-state index in [0.717, 1.165) is 35.4 Å². The number of ether oxygens (including phenoxy) is 3. The van der Waals surface area contributed by atoms with Crippen molar-refractivity contribution in [2.24, 2.45) is 0 Å². The van der Waals surface area contributed by atoms with Gasteiger partial charge in [-0.1, -0.05) is 43.3 Å². The van der Waals surface area contributed by atoms with Gasteiger partial charge >= 0.3 is 0 Å². The topological polar surface area (TPSA) is 74.1 Å². The van der Waals surface area contributed by atoms with Crippen molar-refractivity contribution in [2.45, 2.75) is 31.8 Å². The molecule has 0 fully saturated rings. The number of nitrogens with zero attached hydrogens (tertiary/aromatic N) is 2. The summed E-state index contributed by atoms with van der Waals surface area (Å²) in [5, 5.41) is 13.5. The third kappa shape index (κ3) is 4.89. The molecule has 0 saturated heterocycles. The minimum Gasteiger partial charge on any atom is -0.497 e. The molecule has 0 bridgehead atoms. The average molecular weight is 513 g/mol. The molecule has 0 radical (unpaired) electrons. The smallest absolute Gasteiger partial charge is 0.269 e. The summed E-state index contributed by atoms with van der Waals surface area (Å²) in [4.78, 5) is 13.3. The Hall–Kier alpha value is -4.10. The molecule has 5 rings (SSSR count). The van der Waals surface area contributed by atoms with Crippen molar-refractivity contribution in [3.05, 3.63) is 105 Å². The van der Waals surface area contributed by atoms with Gasteiger partial charge in [0.25, 0.3) is 5.69 Å². The number of nitro benzene ring substituents is 1. The molecule has 7 heteroatoms. The van der Waals surface area contributed by atoms with E-state index in [1.54, 1.807) is 33.5 Å². The van der Waals surface area contributed by atoms with E-state index in [-0.39, 0.29) is 22.6 Å². The zero-order valence-corrected chi connectivity index (χ0v) is 22.1. The van der Waals surface area contributed by atoms with Crippen LogP contribution < -0.4 is 14.2 Å². The van der Waals surface area contributed by atoms with Crippen molar-refractivity contribution in [3.8, 4) is 17.2 Å². The first-order chi connectivity index (χ1) is 18.4. The Morgan fingerprint density at radius 1 is 0.895 bits per heavy atom. The molecule has 2 unspecified atom stereocenters. The van der Waals surface area contributed by atoms with Crippen molar-refractivity contribution in [2.75, 3.05) is 27.9 Å². The van der Waals surface area contributed by atoms with E-state index in [1.807, 2.05) is 18.2 Å². The van der Waals surface area contributed by atoms with Crippen LogP contribution in [0, 0.1) is 10.1 Å². The maximum absolute atomic E-state index is 11.1. The maximum Gasteiger partial charge on any atom is 0.269 e. The minimum absolute atomic E-state index is 0.0736. The Morgan fingerprint density at radius 2 is 1.58 bits per heavy atom. The fourth-order valence-electron chi connectivity index (χ4n) is 5.58. The number of hydrogen-bond donors (Lipinski definition) is 0. The van der Waals surface area contributed by atoms with E-state index >= 15 is 0 Å². The van der Waals surface area contributed by atoms with Gasteiger partial charge in [0, 0.05) is 37.2 Å². The molecule has 2 atom stereocenters. The van der Waals surface area contributed by atoms with Crippen LogP contribution in [0.4, 0.5) is 5.69 Å². The number of benzene rings is 4. The predicted molar refractivity (Wildman–Crippen MR) is 148 cm³/mol. The summed E-state index contributed by atoms with van der Waals surface area (Å²) < 4.78 is 16.7. The van der Waals surface area contributed by atoms with Crippen molar-refractivity contribution in [1.29, 1.82) is 0 Å². The third-order valence-electron chi connectivity index (χ3n) is 7.63. The number of methoxy groups -OCH3 is 3. The summed E-state index contributed by atoms with van der Waals surface area (Å²) in [5.41, 5.74) is 4.86. The van der Waals surface area contributed by atoms with E-state index in [9.17, 15) is 10.1 Å². The van der Waals surface area contributed by atoms with Gasteiger partial charge in [0.1, 0.15) is 5.75 Å². The van der Waals surface area contributed by atoms with Gasteiger partial charge < -0.3 is 14.2 Å². The molecule has 0 spiro atoms. The molecule has 0 aromatic heterocycles. The van der Waals surface area contributed by atoms with Gasteiger partial charge in [-0.15, -0.1) is 0 Å². The van der Waals surface area contributed by atoms with Gasteiger partial charge in [0.15, 0.2) is 11.5 Å². The summed E-state index contributed by atoms with van der Waals surface area (Å²) in [5.74, 6) is 2.46. The van der Waals surface area contributed by atoms with Crippen LogP contribution in [0.15, 0.2) is 72.8 Å². The Kier molecular flexibility index (Phi) is 7.20. The highest BCUT2D eigenvalue weighted by Gasteiger charge is 2.34. The van der Waals surface area contributed by atoms with Crippen LogP contribution in [0.25, 0.3) is 10.8 Å². The molecule has 1 aliphatic heterocycles. The molecule has 196 valence electrons. The van der Waals surface area contributed by atoms with Crippen LogP contribution in [0.5, 0.6) is 17.2 Å². The van der Waals surface area contributed by atoms with Gasteiger partial charge in [-0.25, -0.2) is 0 Å². The standard InChI is InChI=1S/C31H32N2O5/c1-20(22-7-8-24-16-27(36-2)12-9-23(24)15-22)31-28-18-30(38-4)29(37-3)17-25(28)13-14-32(31)19-21-5-10-26(11-6-21)33(34)35/h5-12,15-18,20,31H,13-14,19H2,1-4H3. The molecule has 4 aromatic carbocycles. The molecule has 4 aromatic rings. The van der Waals surface area contributed by atoms with E-state index in [0.29, 0.717) is 12.3 Å². The lowest BCUT2D eigenvalue weighted by molar-refractivity contribution is -0.384. The highest BCUT2D eigenvalue weighted by atomic mass is 16.6. The second-order valence-corrected chi connectivity index (χ2v) is 9.76. The number of rotatable bonds is 8. The molecule has 1 aliphatic rings. The molecule has 1 heterocycles. The van der Waals surface area contributed by atoms with E-state index in [1.165, 1.54) is 22.1 Å². The average Bonchev–Trinajstić information content (AvgIpc) is 2.95. The first-order valence-electron chi connectivity index (χ1n) is 12.7. The number of non-ortho nitro benzene ring substituents is 1. The second kappa shape index (κ2) is 10.7. The SMILES string of the molecule is COc1ccc2cc(C(C)C3c4cc(OC)c(OC)cc4CCN3Cc3ccc([N+](=O)[O-])cc3)ccc2c1. The molecule has 7 nitrogen and oxygen atoms in total. The fraction of sp³-hybridized carbons (Fsp3) is 0.290. The van der Waals surface area contributed by atoms with Crippen LogP contribution in [0.2, 0.25) is 0 Å². The van der Waals surface area contributed by atoms with Gasteiger partial charge in [0.05, 0.1) is 26.3 Å². The molecular formula is C31H32N2O5. The Morgan fingerprint density at radius 3 is 2.26 bits per heavy atom. The molecular weight excluding hydrogens is 480 g/mol. The second-order valence-electron chi connectivity index (χ2n) is 9.76. The highest BCUT2D eigenvalue weighted by molar-refractivity contribution is 5.84. The first kappa shape index (κ1) is 25.5. The summed E-state index contributed by atoms with van der Waals surface area (Å²) >= 11 is 0. The summed E-state index contributed by atoms with van der Waals surface area (Å²) in [6.07, 6.45) is 0.878. The summed E-state index contributed by atoms with van der Waals surface area (Å²) in [7, 11) is 5.01. The van der Waals surface area contributed by atoms with Crippen LogP contribution in [0.1, 0.15) is 41.1 Å². The highest BCUT2D eigenvalue weighted by Crippen LogP contribution is 2.45. The number of fused-ring (bicyclic) bond motifs is 2. The summed E-state index contributed by atoms with van der Waals surface area (Å²) in [6, 6.07) is 23.9. The lowest BCUT2D eigenvalue weighted by Gasteiger charge is -2.41. The van der Waals surface area contributed by atoms with E-state index in [4.69, 9.17) is 14.2 Å². The largest absolute Gasteiger partial charge is 0.497 e. The Balaban J connectivity index is 1.56. The van der Waals surface area contributed by atoms with Gasteiger partial charge in [-0.2, -0.15) is 0 Å². The van der Waals surface area contributed by atoms with Gasteiger partial charge in [-0.05, 0) is 63.7 Å². The summed E-state index contributed by atoms with van der Waals surface area (Å²) in [6.45, 7) is 3.81. The van der Waals surface area contributed by atoms with Crippen LogP contribution in [-0.2, 0) is 13.0 Å². The quantitative estimate of drug-likeness (QED) is 0.194. The maximum atomic E-state index is 11.1. The van der Waals surface area contributed by atoms with Crippen LogP contribution in [0.3, 0.4) is 0 Å². The molecule has 0 N–H and O–H groups in total. The Bertz CT molecular complexity index is 1470.